The second-order valence-corrected chi connectivity index (χ2v) is 4.73. The fourth-order valence-electron chi connectivity index (χ4n) is 1.53. The fourth-order valence-corrected chi connectivity index (χ4v) is 1.74. The first-order chi connectivity index (χ1) is 8.43. The van der Waals surface area contributed by atoms with Crippen LogP contribution in [0.5, 0.6) is 0 Å². The average Bonchev–Trinajstić information content (AvgIpc) is 2.39. The Labute approximate surface area is 124 Å². The van der Waals surface area contributed by atoms with Gasteiger partial charge in [-0.2, -0.15) is 0 Å². The smallest absolute Gasteiger partial charge is 0.252 e. The molecular formula is C13H19Cl2FN2O. The van der Waals surface area contributed by atoms with Gasteiger partial charge in [-0.15, -0.1) is 12.4 Å². The molecule has 108 valence electrons. The van der Waals surface area contributed by atoms with Crippen LogP contribution in [-0.4, -0.2) is 18.0 Å². The van der Waals surface area contributed by atoms with Gasteiger partial charge in [-0.25, -0.2) is 4.39 Å². The summed E-state index contributed by atoms with van der Waals surface area (Å²) in [4.78, 5) is 11.9. The van der Waals surface area contributed by atoms with Gasteiger partial charge in [0.25, 0.3) is 5.91 Å². The summed E-state index contributed by atoms with van der Waals surface area (Å²) in [5, 5.41) is 2.53. The quantitative estimate of drug-likeness (QED) is 0.878. The Morgan fingerprint density at radius 1 is 1.42 bits per heavy atom. The van der Waals surface area contributed by atoms with Crippen molar-refractivity contribution in [2.75, 3.05) is 6.54 Å². The molecule has 0 fully saturated rings. The molecule has 1 rings (SSSR count). The van der Waals surface area contributed by atoms with Crippen LogP contribution >= 0.6 is 24.0 Å². The molecule has 0 aliphatic carbocycles. The number of amides is 1. The molecule has 6 heteroatoms. The molecule has 0 aliphatic heterocycles. The summed E-state index contributed by atoms with van der Waals surface area (Å²) in [5.74, 6) is -1.01. The molecule has 19 heavy (non-hydrogen) atoms. The number of rotatable bonds is 5. The third kappa shape index (κ3) is 4.64. The number of nitrogens with one attached hydrogen (secondary N) is 1. The van der Waals surface area contributed by atoms with Crippen molar-refractivity contribution in [1.29, 1.82) is 0 Å². The van der Waals surface area contributed by atoms with Gasteiger partial charge in [0.15, 0.2) is 0 Å². The Bertz CT molecular complexity index is 437. The van der Waals surface area contributed by atoms with E-state index in [0.717, 1.165) is 12.8 Å². The highest BCUT2D eigenvalue weighted by molar-refractivity contribution is 6.34. The van der Waals surface area contributed by atoms with Crippen molar-refractivity contribution in [3.63, 3.8) is 0 Å². The van der Waals surface area contributed by atoms with Crippen LogP contribution in [0.3, 0.4) is 0 Å². The minimum atomic E-state index is -0.602. The predicted octanol–water partition coefficient (Wildman–Crippen LogP) is 3.15. The van der Waals surface area contributed by atoms with E-state index in [2.05, 4.69) is 5.32 Å². The third-order valence-corrected chi connectivity index (χ3v) is 3.59. The summed E-state index contributed by atoms with van der Waals surface area (Å²) in [6.45, 7) is 4.27. The van der Waals surface area contributed by atoms with Gasteiger partial charge in [-0.1, -0.05) is 31.5 Å². The number of hydrogen-bond donors (Lipinski definition) is 2. The van der Waals surface area contributed by atoms with Crippen LogP contribution < -0.4 is 11.1 Å². The summed E-state index contributed by atoms with van der Waals surface area (Å²) in [7, 11) is 0. The minimum Gasteiger partial charge on any atom is -0.350 e. The van der Waals surface area contributed by atoms with Crippen LogP contribution in [0.1, 0.15) is 37.0 Å². The van der Waals surface area contributed by atoms with E-state index in [1.165, 1.54) is 18.2 Å². The molecule has 0 aromatic heterocycles. The monoisotopic (exact) mass is 308 g/mol. The Hall–Kier alpha value is -0.840. The van der Waals surface area contributed by atoms with Crippen molar-refractivity contribution < 1.29 is 9.18 Å². The lowest BCUT2D eigenvalue weighted by Crippen LogP contribution is -2.49. The van der Waals surface area contributed by atoms with Crippen LogP contribution in [0, 0.1) is 5.82 Å². The maximum atomic E-state index is 13.2. The normalized spacial score (nSPS) is 10.8. The number of carbonyl (C=O) groups excluding carboxylic acids is 1. The molecule has 1 aromatic rings. The molecule has 0 spiro atoms. The molecule has 1 amide bonds. The predicted molar refractivity (Wildman–Crippen MR) is 78.5 cm³/mol. The van der Waals surface area contributed by atoms with E-state index in [0.29, 0.717) is 6.54 Å². The first-order valence-corrected chi connectivity index (χ1v) is 6.32. The molecule has 0 aliphatic rings. The molecule has 0 heterocycles. The topological polar surface area (TPSA) is 55.1 Å². The minimum absolute atomic E-state index is 0. The lowest BCUT2D eigenvalue weighted by Gasteiger charge is -2.26. The van der Waals surface area contributed by atoms with Crippen LogP contribution in [-0.2, 0) is 0 Å². The molecule has 3 N–H and O–H groups in total. The van der Waals surface area contributed by atoms with Gasteiger partial charge in [0.05, 0.1) is 10.6 Å². The zero-order valence-corrected chi connectivity index (χ0v) is 12.6. The van der Waals surface area contributed by atoms with Gasteiger partial charge in [0, 0.05) is 12.1 Å². The van der Waals surface area contributed by atoms with Gasteiger partial charge in [0.1, 0.15) is 5.82 Å². The summed E-state index contributed by atoms with van der Waals surface area (Å²) in [6.07, 6.45) is 1.50. The number of hydrogen-bond acceptors (Lipinski definition) is 2. The lowest BCUT2D eigenvalue weighted by molar-refractivity contribution is 0.0942. The van der Waals surface area contributed by atoms with E-state index in [9.17, 15) is 9.18 Å². The van der Waals surface area contributed by atoms with E-state index in [-0.39, 0.29) is 23.0 Å². The molecule has 0 bridgehead atoms. The van der Waals surface area contributed by atoms with Crippen LogP contribution in [0.25, 0.3) is 0 Å². The van der Waals surface area contributed by atoms with Gasteiger partial charge in [-0.05, 0) is 25.0 Å². The molecule has 0 saturated carbocycles. The molecular weight excluding hydrogens is 290 g/mol. The van der Waals surface area contributed by atoms with Crippen molar-refractivity contribution in [1.82, 2.24) is 5.32 Å². The first kappa shape index (κ1) is 18.2. The van der Waals surface area contributed by atoms with Crippen molar-refractivity contribution in [3.05, 3.63) is 34.6 Å². The fraction of sp³-hybridized carbons (Fsp3) is 0.462. The second-order valence-electron chi connectivity index (χ2n) is 4.35. The van der Waals surface area contributed by atoms with Gasteiger partial charge < -0.3 is 11.1 Å². The average molecular weight is 309 g/mol. The van der Waals surface area contributed by atoms with Crippen molar-refractivity contribution in [2.24, 2.45) is 5.73 Å². The Morgan fingerprint density at radius 2 is 2.00 bits per heavy atom. The highest BCUT2D eigenvalue weighted by atomic mass is 35.5. The first-order valence-electron chi connectivity index (χ1n) is 5.94. The van der Waals surface area contributed by atoms with Crippen LogP contribution in [0.2, 0.25) is 5.02 Å². The summed E-state index contributed by atoms with van der Waals surface area (Å²) >= 11 is 5.74. The number of nitrogens with two attached hydrogens (primary N) is 1. The van der Waals surface area contributed by atoms with Crippen LogP contribution in [0.4, 0.5) is 4.39 Å². The largest absolute Gasteiger partial charge is 0.350 e. The maximum absolute atomic E-state index is 13.2. The van der Waals surface area contributed by atoms with E-state index in [1.807, 2.05) is 13.8 Å². The summed E-state index contributed by atoms with van der Waals surface area (Å²) < 4.78 is 13.2. The SMILES string of the molecule is CCC(N)(CC)CNC(=O)c1cccc(F)c1Cl.Cl. The maximum Gasteiger partial charge on any atom is 0.252 e. The second kappa shape index (κ2) is 7.68. The highest BCUT2D eigenvalue weighted by Crippen LogP contribution is 2.19. The molecule has 0 radical (unpaired) electrons. The molecule has 0 unspecified atom stereocenters. The third-order valence-electron chi connectivity index (χ3n) is 3.21. The highest BCUT2D eigenvalue weighted by Gasteiger charge is 2.22. The van der Waals surface area contributed by atoms with Crippen molar-refractivity contribution in [3.8, 4) is 0 Å². The zero-order valence-electron chi connectivity index (χ0n) is 11.0. The number of carbonyl (C=O) groups is 1. The molecule has 0 atom stereocenters. The Morgan fingerprint density at radius 3 is 2.53 bits per heavy atom. The summed E-state index contributed by atoms with van der Waals surface area (Å²) in [5.41, 5.74) is 5.76. The molecule has 1 aromatic carbocycles. The molecule has 0 saturated heterocycles. The lowest BCUT2D eigenvalue weighted by atomic mass is 9.94. The van der Waals surface area contributed by atoms with Gasteiger partial charge in [0.2, 0.25) is 0 Å². The Balaban J connectivity index is 0.00000324. The summed E-state index contributed by atoms with van der Waals surface area (Å²) in [6, 6.07) is 4.15. The van der Waals surface area contributed by atoms with E-state index < -0.39 is 17.3 Å². The van der Waals surface area contributed by atoms with Gasteiger partial charge in [-0.3, -0.25) is 4.79 Å². The van der Waals surface area contributed by atoms with Crippen molar-refractivity contribution >= 4 is 29.9 Å². The number of benzene rings is 1. The zero-order chi connectivity index (χ0) is 13.8. The van der Waals surface area contributed by atoms with E-state index >= 15 is 0 Å². The van der Waals surface area contributed by atoms with Crippen molar-refractivity contribution in [2.45, 2.75) is 32.2 Å². The van der Waals surface area contributed by atoms with E-state index in [1.54, 1.807) is 0 Å². The van der Waals surface area contributed by atoms with Gasteiger partial charge >= 0.3 is 0 Å². The van der Waals surface area contributed by atoms with Crippen LogP contribution in [0.15, 0.2) is 18.2 Å². The number of halogens is 3. The standard InChI is InChI=1S/C13H18ClFN2O.ClH/c1-3-13(16,4-2)8-17-12(18)9-6-5-7-10(15)11(9)14;/h5-7H,3-4,8,16H2,1-2H3,(H,17,18);1H. The van der Waals surface area contributed by atoms with E-state index in [4.69, 9.17) is 17.3 Å². The molecule has 3 nitrogen and oxygen atoms in total. The Kier molecular flexibility index (Phi) is 7.34.